The van der Waals surface area contributed by atoms with Crippen molar-refractivity contribution in [2.24, 2.45) is 0 Å². The van der Waals surface area contributed by atoms with Crippen molar-refractivity contribution in [3.8, 4) is 0 Å². The highest BCUT2D eigenvalue weighted by Crippen LogP contribution is 2.19. The molecule has 54 valence electrons. The summed E-state index contributed by atoms with van der Waals surface area (Å²) in [6.07, 6.45) is 5.62. The van der Waals surface area contributed by atoms with Crippen LogP contribution in [-0.2, 0) is 13.0 Å². The summed E-state index contributed by atoms with van der Waals surface area (Å²) in [5, 5.41) is 0. The molecule has 1 aliphatic heterocycles. The lowest BCUT2D eigenvalue weighted by atomic mass is 10.2. The van der Waals surface area contributed by atoms with E-state index in [4.69, 9.17) is 0 Å². The smallest absolute Gasteiger partial charge is 0.109 e. The first-order valence-corrected chi connectivity index (χ1v) is 4.37. The van der Waals surface area contributed by atoms with Gasteiger partial charge in [-0.2, -0.15) is 0 Å². The van der Waals surface area contributed by atoms with Gasteiger partial charge in [-0.1, -0.05) is 0 Å². The summed E-state index contributed by atoms with van der Waals surface area (Å²) in [5.41, 5.74) is 0. The Hall–Kier alpha value is -0.310. The third-order valence-corrected chi connectivity index (χ3v) is 2.55. The van der Waals surface area contributed by atoms with Gasteiger partial charge in [0.15, 0.2) is 0 Å². The normalized spacial score (nSPS) is 16.9. The van der Waals surface area contributed by atoms with E-state index >= 15 is 0 Å². The van der Waals surface area contributed by atoms with Gasteiger partial charge in [0.2, 0.25) is 0 Å². The number of halogens is 1. The predicted molar refractivity (Wildman–Crippen MR) is 42.9 cm³/mol. The molecule has 0 saturated carbocycles. The molecule has 0 amide bonds. The molecule has 0 saturated heterocycles. The van der Waals surface area contributed by atoms with Crippen molar-refractivity contribution >= 4 is 15.9 Å². The Bertz CT molecular complexity index is 242. The second-order valence-corrected chi connectivity index (χ2v) is 3.42. The second-order valence-electron chi connectivity index (χ2n) is 2.61. The van der Waals surface area contributed by atoms with Crippen LogP contribution in [0.2, 0.25) is 0 Å². The molecule has 0 N–H and O–H groups in total. The number of nitrogens with zero attached hydrogens (tertiary/aromatic N) is 2. The van der Waals surface area contributed by atoms with Crippen molar-refractivity contribution in [2.75, 3.05) is 0 Å². The highest BCUT2D eigenvalue weighted by atomic mass is 79.9. The molecule has 1 aliphatic rings. The summed E-state index contributed by atoms with van der Waals surface area (Å²) in [5.74, 6) is 1.23. The van der Waals surface area contributed by atoms with Gasteiger partial charge in [-0.05, 0) is 28.8 Å². The molecule has 0 aliphatic carbocycles. The molecule has 0 fully saturated rings. The monoisotopic (exact) mass is 200 g/mol. The maximum absolute atomic E-state index is 4.27. The molecule has 0 aromatic carbocycles. The van der Waals surface area contributed by atoms with E-state index in [1.807, 2.05) is 6.20 Å². The lowest BCUT2D eigenvalue weighted by Gasteiger charge is -2.13. The zero-order chi connectivity index (χ0) is 6.97. The molecule has 2 rings (SSSR count). The van der Waals surface area contributed by atoms with Crippen LogP contribution in [0.3, 0.4) is 0 Å². The molecule has 0 spiro atoms. The maximum atomic E-state index is 4.27. The van der Waals surface area contributed by atoms with Crippen LogP contribution in [-0.4, -0.2) is 9.55 Å². The van der Waals surface area contributed by atoms with Crippen LogP contribution >= 0.6 is 15.9 Å². The fraction of sp³-hybridized carbons (Fsp3) is 0.571. The Morgan fingerprint density at radius 2 is 2.40 bits per heavy atom. The molecular formula is C7H9BrN2. The predicted octanol–water partition coefficient (Wildman–Crippen LogP) is 1.98. The Morgan fingerprint density at radius 1 is 1.50 bits per heavy atom. The lowest BCUT2D eigenvalue weighted by Crippen LogP contribution is -2.10. The van der Waals surface area contributed by atoms with Gasteiger partial charge < -0.3 is 4.57 Å². The zero-order valence-corrected chi connectivity index (χ0v) is 7.26. The SMILES string of the molecule is Brc1cnc2n1CCCC2. The third kappa shape index (κ3) is 0.888. The van der Waals surface area contributed by atoms with Crippen LogP contribution in [0.1, 0.15) is 18.7 Å². The zero-order valence-electron chi connectivity index (χ0n) is 5.68. The van der Waals surface area contributed by atoms with Crippen molar-refractivity contribution in [3.05, 3.63) is 16.6 Å². The Kier molecular flexibility index (Phi) is 1.52. The average molecular weight is 201 g/mol. The van der Waals surface area contributed by atoms with Crippen LogP contribution in [0.25, 0.3) is 0 Å². The Morgan fingerprint density at radius 3 is 3.20 bits per heavy atom. The number of fused-ring (bicyclic) bond motifs is 1. The van der Waals surface area contributed by atoms with Crippen LogP contribution in [0, 0.1) is 0 Å². The van der Waals surface area contributed by atoms with Gasteiger partial charge >= 0.3 is 0 Å². The van der Waals surface area contributed by atoms with E-state index in [9.17, 15) is 0 Å². The van der Waals surface area contributed by atoms with E-state index in [-0.39, 0.29) is 0 Å². The third-order valence-electron chi connectivity index (χ3n) is 1.92. The van der Waals surface area contributed by atoms with Crippen molar-refractivity contribution in [2.45, 2.75) is 25.8 Å². The van der Waals surface area contributed by atoms with Crippen molar-refractivity contribution in [1.29, 1.82) is 0 Å². The van der Waals surface area contributed by atoms with Crippen LogP contribution in [0.5, 0.6) is 0 Å². The molecule has 3 heteroatoms. The minimum atomic E-state index is 1.13. The summed E-state index contributed by atoms with van der Waals surface area (Å²) in [6.45, 7) is 1.13. The van der Waals surface area contributed by atoms with Gasteiger partial charge in [0.1, 0.15) is 10.4 Å². The maximum Gasteiger partial charge on any atom is 0.109 e. The Balaban J connectivity index is 2.45. The standard InChI is InChI=1S/C7H9BrN2/c8-6-5-9-7-3-1-2-4-10(6)7/h5H,1-4H2. The first-order valence-electron chi connectivity index (χ1n) is 3.58. The fourth-order valence-electron chi connectivity index (χ4n) is 1.38. The van der Waals surface area contributed by atoms with Gasteiger partial charge in [0.25, 0.3) is 0 Å². The molecule has 0 bridgehead atoms. The molecule has 0 atom stereocenters. The lowest BCUT2D eigenvalue weighted by molar-refractivity contribution is 0.516. The summed E-state index contributed by atoms with van der Waals surface area (Å²) >= 11 is 3.45. The molecule has 2 nitrogen and oxygen atoms in total. The quantitative estimate of drug-likeness (QED) is 0.627. The fourth-order valence-corrected chi connectivity index (χ4v) is 1.86. The van der Waals surface area contributed by atoms with Gasteiger partial charge in [0, 0.05) is 13.0 Å². The van der Waals surface area contributed by atoms with Gasteiger partial charge in [-0.15, -0.1) is 0 Å². The number of hydrogen-bond donors (Lipinski definition) is 0. The highest BCUT2D eigenvalue weighted by Gasteiger charge is 2.11. The van der Waals surface area contributed by atoms with E-state index < -0.39 is 0 Å². The summed E-state index contributed by atoms with van der Waals surface area (Å²) < 4.78 is 3.37. The topological polar surface area (TPSA) is 17.8 Å². The first kappa shape index (κ1) is 6.40. The molecule has 10 heavy (non-hydrogen) atoms. The van der Waals surface area contributed by atoms with E-state index in [1.165, 1.54) is 18.7 Å². The minimum Gasteiger partial charge on any atom is -0.323 e. The molecule has 1 aromatic rings. The molecule has 1 aromatic heterocycles. The highest BCUT2D eigenvalue weighted by molar-refractivity contribution is 9.10. The van der Waals surface area contributed by atoms with E-state index in [0.717, 1.165) is 17.6 Å². The van der Waals surface area contributed by atoms with E-state index in [0.29, 0.717) is 0 Å². The molecular weight excluding hydrogens is 192 g/mol. The van der Waals surface area contributed by atoms with Gasteiger partial charge in [-0.25, -0.2) is 4.98 Å². The van der Waals surface area contributed by atoms with Crippen LogP contribution in [0.4, 0.5) is 0 Å². The second kappa shape index (κ2) is 2.38. The summed E-state index contributed by atoms with van der Waals surface area (Å²) in [7, 11) is 0. The summed E-state index contributed by atoms with van der Waals surface area (Å²) in [6, 6.07) is 0. The largest absolute Gasteiger partial charge is 0.323 e. The van der Waals surface area contributed by atoms with E-state index in [1.54, 1.807) is 0 Å². The Labute approximate surface area is 68.4 Å². The van der Waals surface area contributed by atoms with Gasteiger partial charge in [0.05, 0.1) is 6.20 Å². The number of hydrogen-bond acceptors (Lipinski definition) is 1. The van der Waals surface area contributed by atoms with E-state index in [2.05, 4.69) is 25.5 Å². The number of rotatable bonds is 0. The first-order chi connectivity index (χ1) is 4.88. The average Bonchev–Trinajstić information content (AvgIpc) is 2.34. The number of aromatic nitrogens is 2. The number of aryl methyl sites for hydroxylation is 1. The van der Waals surface area contributed by atoms with Crippen molar-refractivity contribution < 1.29 is 0 Å². The molecule has 0 unspecified atom stereocenters. The van der Waals surface area contributed by atoms with Crippen molar-refractivity contribution in [1.82, 2.24) is 9.55 Å². The minimum absolute atomic E-state index is 1.13. The van der Waals surface area contributed by atoms with Gasteiger partial charge in [-0.3, -0.25) is 0 Å². The van der Waals surface area contributed by atoms with Crippen LogP contribution in [0.15, 0.2) is 10.8 Å². The molecule has 0 radical (unpaired) electrons. The molecule has 2 heterocycles. The number of imidazole rings is 1. The van der Waals surface area contributed by atoms with Crippen molar-refractivity contribution in [3.63, 3.8) is 0 Å². The summed E-state index contributed by atoms with van der Waals surface area (Å²) in [4.78, 5) is 4.27. The van der Waals surface area contributed by atoms with Crippen LogP contribution < -0.4 is 0 Å².